The Labute approximate surface area is 171 Å². The Morgan fingerprint density at radius 2 is 1.93 bits per heavy atom. The standard InChI is InChI=1S/C20H14Cl2N4S/c1-13-19(6-3-9-24-13)25-11-15-8-7-14(10-23)20(26-15)27-12-16-17(21)4-2-5-18(16)22/h2-9,11H,12H2,1H3. The maximum absolute atomic E-state index is 9.36. The number of nitriles is 1. The van der Waals surface area contributed by atoms with Gasteiger partial charge in [0, 0.05) is 22.0 Å². The van der Waals surface area contributed by atoms with Crippen LogP contribution in [0.2, 0.25) is 10.0 Å². The number of hydrogen-bond acceptors (Lipinski definition) is 5. The monoisotopic (exact) mass is 412 g/mol. The molecule has 7 heteroatoms. The molecular weight excluding hydrogens is 399 g/mol. The third kappa shape index (κ3) is 4.86. The molecule has 3 rings (SSSR count). The zero-order chi connectivity index (χ0) is 19.2. The predicted octanol–water partition coefficient (Wildman–Crippen LogP) is 6.01. The highest BCUT2D eigenvalue weighted by molar-refractivity contribution is 7.98. The topological polar surface area (TPSA) is 61.9 Å². The molecule has 0 spiro atoms. The molecule has 4 nitrogen and oxygen atoms in total. The number of aryl methyl sites for hydroxylation is 1. The van der Waals surface area contributed by atoms with Gasteiger partial charge in [-0.3, -0.25) is 9.98 Å². The quantitative estimate of drug-likeness (QED) is 0.380. The molecule has 2 aromatic heterocycles. The number of hydrogen-bond donors (Lipinski definition) is 0. The van der Waals surface area contributed by atoms with Crippen molar-refractivity contribution < 1.29 is 0 Å². The van der Waals surface area contributed by atoms with Crippen LogP contribution in [0, 0.1) is 18.3 Å². The van der Waals surface area contributed by atoms with Crippen molar-refractivity contribution in [3.8, 4) is 6.07 Å². The number of aromatic nitrogens is 2. The average molecular weight is 413 g/mol. The largest absolute Gasteiger partial charge is 0.259 e. The fraction of sp³-hybridized carbons (Fsp3) is 0.100. The fourth-order valence-electron chi connectivity index (χ4n) is 2.28. The third-order valence-electron chi connectivity index (χ3n) is 3.73. The molecule has 0 aliphatic heterocycles. The van der Waals surface area contributed by atoms with Crippen LogP contribution in [0.4, 0.5) is 5.69 Å². The van der Waals surface area contributed by atoms with Crippen molar-refractivity contribution in [1.29, 1.82) is 5.26 Å². The molecule has 0 radical (unpaired) electrons. The van der Waals surface area contributed by atoms with Crippen molar-refractivity contribution in [2.75, 3.05) is 0 Å². The van der Waals surface area contributed by atoms with E-state index in [1.165, 1.54) is 11.8 Å². The van der Waals surface area contributed by atoms with Crippen LogP contribution >= 0.6 is 35.0 Å². The van der Waals surface area contributed by atoms with E-state index in [1.807, 2.05) is 19.1 Å². The van der Waals surface area contributed by atoms with Gasteiger partial charge in [-0.2, -0.15) is 5.26 Å². The number of pyridine rings is 2. The highest BCUT2D eigenvalue weighted by Crippen LogP contribution is 2.32. The van der Waals surface area contributed by atoms with E-state index in [4.69, 9.17) is 23.2 Å². The van der Waals surface area contributed by atoms with Crippen molar-refractivity contribution in [2.45, 2.75) is 17.7 Å². The van der Waals surface area contributed by atoms with Crippen LogP contribution in [0.15, 0.2) is 58.7 Å². The van der Waals surface area contributed by atoms with E-state index >= 15 is 0 Å². The van der Waals surface area contributed by atoms with E-state index in [0.29, 0.717) is 32.1 Å². The SMILES string of the molecule is Cc1ncccc1N=Cc1ccc(C#N)c(SCc2c(Cl)cccc2Cl)n1. The van der Waals surface area contributed by atoms with Crippen LogP contribution < -0.4 is 0 Å². The van der Waals surface area contributed by atoms with Crippen LogP contribution in [0.5, 0.6) is 0 Å². The Morgan fingerprint density at radius 1 is 1.15 bits per heavy atom. The molecule has 0 aliphatic rings. The Bertz CT molecular complexity index is 1020. The van der Waals surface area contributed by atoms with E-state index in [-0.39, 0.29) is 0 Å². The second kappa shape index (κ2) is 9.01. The summed E-state index contributed by atoms with van der Waals surface area (Å²) in [5.41, 5.74) is 3.59. The molecule has 0 saturated heterocycles. The first kappa shape index (κ1) is 19.4. The first-order valence-corrected chi connectivity index (χ1v) is 9.75. The molecule has 0 bridgehead atoms. The van der Waals surface area contributed by atoms with Crippen LogP contribution in [-0.4, -0.2) is 16.2 Å². The van der Waals surface area contributed by atoms with Crippen molar-refractivity contribution in [3.63, 3.8) is 0 Å². The number of rotatable bonds is 5. The van der Waals surface area contributed by atoms with Gasteiger partial charge in [0.1, 0.15) is 11.1 Å². The van der Waals surface area contributed by atoms with Gasteiger partial charge in [0.25, 0.3) is 0 Å². The summed E-state index contributed by atoms with van der Waals surface area (Å²) in [6, 6.07) is 14.8. The summed E-state index contributed by atoms with van der Waals surface area (Å²) in [6.07, 6.45) is 3.39. The van der Waals surface area contributed by atoms with Crippen LogP contribution in [0.1, 0.15) is 22.5 Å². The Hall–Kier alpha value is -2.39. The smallest absolute Gasteiger partial charge is 0.115 e. The van der Waals surface area contributed by atoms with E-state index in [9.17, 15) is 5.26 Å². The minimum absolute atomic E-state index is 0.498. The average Bonchev–Trinajstić information content (AvgIpc) is 2.67. The lowest BCUT2D eigenvalue weighted by molar-refractivity contribution is 1.09. The number of halogens is 2. The molecule has 134 valence electrons. The van der Waals surface area contributed by atoms with E-state index in [1.54, 1.807) is 42.7 Å². The van der Waals surface area contributed by atoms with E-state index in [2.05, 4.69) is 21.0 Å². The molecule has 0 N–H and O–H groups in total. The van der Waals surface area contributed by atoms with E-state index < -0.39 is 0 Å². The fourth-order valence-corrected chi connectivity index (χ4v) is 4.00. The molecule has 2 heterocycles. The van der Waals surface area contributed by atoms with Gasteiger partial charge in [-0.25, -0.2) is 4.98 Å². The number of benzene rings is 1. The van der Waals surface area contributed by atoms with Crippen molar-refractivity contribution >= 4 is 46.9 Å². The van der Waals surface area contributed by atoms with Crippen LogP contribution in [0.25, 0.3) is 0 Å². The Morgan fingerprint density at radius 3 is 2.63 bits per heavy atom. The molecule has 3 aromatic rings. The first-order valence-electron chi connectivity index (χ1n) is 8.01. The first-order chi connectivity index (χ1) is 13.1. The van der Waals surface area contributed by atoms with Crippen molar-refractivity contribution in [1.82, 2.24) is 9.97 Å². The maximum atomic E-state index is 9.36. The van der Waals surface area contributed by atoms with Crippen LogP contribution in [0.3, 0.4) is 0 Å². The number of aliphatic imine (C=N–C) groups is 1. The van der Waals surface area contributed by atoms with Gasteiger partial charge < -0.3 is 0 Å². The second-order valence-corrected chi connectivity index (χ2v) is 7.33. The predicted molar refractivity (Wildman–Crippen MR) is 111 cm³/mol. The molecule has 0 fully saturated rings. The molecule has 27 heavy (non-hydrogen) atoms. The molecule has 1 aromatic carbocycles. The number of nitrogens with zero attached hydrogens (tertiary/aromatic N) is 4. The van der Waals surface area contributed by atoms with E-state index in [0.717, 1.165) is 16.9 Å². The summed E-state index contributed by atoms with van der Waals surface area (Å²) in [7, 11) is 0. The number of thioether (sulfide) groups is 1. The Kier molecular flexibility index (Phi) is 6.46. The molecule has 0 atom stereocenters. The molecular formula is C20H14Cl2N4S. The lowest BCUT2D eigenvalue weighted by atomic mass is 10.2. The van der Waals surface area contributed by atoms with Crippen LogP contribution in [-0.2, 0) is 5.75 Å². The van der Waals surface area contributed by atoms with Gasteiger partial charge in [0.05, 0.1) is 28.9 Å². The van der Waals surface area contributed by atoms with Gasteiger partial charge >= 0.3 is 0 Å². The van der Waals surface area contributed by atoms with Gasteiger partial charge in [-0.1, -0.05) is 29.3 Å². The summed E-state index contributed by atoms with van der Waals surface area (Å²) < 4.78 is 0. The molecule has 0 aliphatic carbocycles. The second-order valence-electron chi connectivity index (χ2n) is 5.56. The highest BCUT2D eigenvalue weighted by atomic mass is 35.5. The minimum atomic E-state index is 0.498. The lowest BCUT2D eigenvalue weighted by Gasteiger charge is -2.08. The third-order valence-corrected chi connectivity index (χ3v) is 5.46. The van der Waals surface area contributed by atoms with Gasteiger partial charge in [-0.15, -0.1) is 11.8 Å². The normalized spacial score (nSPS) is 10.9. The lowest BCUT2D eigenvalue weighted by Crippen LogP contribution is -1.95. The zero-order valence-corrected chi connectivity index (χ0v) is 16.7. The molecule has 0 amide bonds. The van der Waals surface area contributed by atoms with Gasteiger partial charge in [0.2, 0.25) is 0 Å². The summed E-state index contributed by atoms with van der Waals surface area (Å²) in [5.74, 6) is 0.516. The maximum Gasteiger partial charge on any atom is 0.115 e. The summed E-state index contributed by atoms with van der Waals surface area (Å²) >= 11 is 13.9. The summed E-state index contributed by atoms with van der Waals surface area (Å²) in [6.45, 7) is 1.90. The van der Waals surface area contributed by atoms with Crippen molar-refractivity contribution in [3.05, 3.63) is 81.2 Å². The molecule has 0 saturated carbocycles. The summed E-state index contributed by atoms with van der Waals surface area (Å²) in [5, 5.41) is 11.2. The van der Waals surface area contributed by atoms with Crippen molar-refractivity contribution in [2.24, 2.45) is 4.99 Å². The zero-order valence-electron chi connectivity index (χ0n) is 14.4. The highest BCUT2D eigenvalue weighted by Gasteiger charge is 2.10. The minimum Gasteiger partial charge on any atom is -0.259 e. The van der Waals surface area contributed by atoms with Gasteiger partial charge in [0.15, 0.2) is 0 Å². The molecule has 0 unspecified atom stereocenters. The van der Waals surface area contributed by atoms with Gasteiger partial charge in [-0.05, 0) is 48.9 Å². The Balaban J connectivity index is 1.84. The summed E-state index contributed by atoms with van der Waals surface area (Å²) in [4.78, 5) is 13.2.